The Kier molecular flexibility index (Phi) is 6.88. The lowest BCUT2D eigenvalue weighted by Gasteiger charge is -2.40. The van der Waals surface area contributed by atoms with Crippen molar-refractivity contribution in [2.24, 2.45) is 17.8 Å². The van der Waals surface area contributed by atoms with E-state index in [1.54, 1.807) is 28.8 Å². The van der Waals surface area contributed by atoms with Crippen molar-refractivity contribution in [3.05, 3.63) is 73.7 Å². The van der Waals surface area contributed by atoms with Crippen LogP contribution < -0.4 is 15.1 Å². The molecule has 2 fully saturated rings. The summed E-state index contributed by atoms with van der Waals surface area (Å²) in [5, 5.41) is 5.06. The van der Waals surface area contributed by atoms with Crippen LogP contribution in [-0.4, -0.2) is 28.8 Å². The van der Waals surface area contributed by atoms with Gasteiger partial charge in [0.05, 0.1) is 5.03 Å². The third-order valence-corrected chi connectivity index (χ3v) is 11.6. The van der Waals surface area contributed by atoms with Crippen LogP contribution in [0, 0.1) is 17.8 Å². The molecule has 3 aromatic rings. The van der Waals surface area contributed by atoms with Gasteiger partial charge in [0.1, 0.15) is 6.54 Å². The summed E-state index contributed by atoms with van der Waals surface area (Å²) >= 11 is 9.19. The first-order chi connectivity index (χ1) is 18.0. The third-order valence-electron chi connectivity index (χ3n) is 8.50. The zero-order chi connectivity index (χ0) is 25.7. The molecule has 5 atom stereocenters. The molecule has 1 N–H and O–H groups in total. The number of thiazole rings is 1. The van der Waals surface area contributed by atoms with Crippen LogP contribution in [0.15, 0.2) is 58.4 Å². The number of aromatic nitrogens is 1. The molecule has 2 aliphatic carbocycles. The molecule has 2 heterocycles. The van der Waals surface area contributed by atoms with Crippen molar-refractivity contribution in [3.63, 3.8) is 0 Å². The predicted octanol–water partition coefficient (Wildman–Crippen LogP) is 6.70. The number of halogens is 1. The van der Waals surface area contributed by atoms with Gasteiger partial charge >= 0.3 is 4.87 Å². The summed E-state index contributed by atoms with van der Waals surface area (Å²) in [6.45, 7) is 6.36. The van der Waals surface area contributed by atoms with Gasteiger partial charge < -0.3 is 10.2 Å². The van der Waals surface area contributed by atoms with E-state index in [2.05, 4.69) is 48.3 Å². The molecule has 2 aromatic carbocycles. The molecule has 194 valence electrons. The Morgan fingerprint density at radius 1 is 1.05 bits per heavy atom. The maximum Gasteiger partial charge on any atom is 0.308 e. The van der Waals surface area contributed by atoms with Gasteiger partial charge in [-0.15, -0.1) is 11.8 Å². The van der Waals surface area contributed by atoms with Gasteiger partial charge in [-0.3, -0.25) is 14.2 Å². The minimum absolute atomic E-state index is 0.0272. The van der Waals surface area contributed by atoms with Gasteiger partial charge in [0.2, 0.25) is 5.91 Å². The van der Waals surface area contributed by atoms with Crippen LogP contribution in [0.4, 0.5) is 11.4 Å². The number of carbonyl (C=O) groups excluding carboxylic acids is 1. The molecule has 0 unspecified atom stereocenters. The molecule has 3 aliphatic rings. The molecule has 2 saturated carbocycles. The number of rotatable bonds is 7. The number of fused-ring (bicyclic) bond motifs is 6. The molecule has 1 aromatic heterocycles. The second-order valence-electron chi connectivity index (χ2n) is 10.4. The smallest absolute Gasteiger partial charge is 0.308 e. The lowest BCUT2D eigenvalue weighted by molar-refractivity contribution is -0.116. The fourth-order valence-electron chi connectivity index (χ4n) is 6.82. The Bertz CT molecular complexity index is 1350. The standard InChI is InChI=1S/C29H32ClN3O2S2/c1-3-32(4-2)22-13-7-17(8-14-22)24-25-18-5-6-19(15-18)26(25)36-28-27(24)37-29(35)33(28)16-23(34)31-21-11-9-20(30)10-12-21/h7-14,18-19,24-26H,3-6,15-16H2,1-2H3,(H,31,34)/t18-,19-,24-,25-,26+/m0/s1. The van der Waals surface area contributed by atoms with Gasteiger partial charge in [0.25, 0.3) is 0 Å². The highest BCUT2D eigenvalue weighted by Crippen LogP contribution is 2.64. The van der Waals surface area contributed by atoms with Crippen LogP contribution in [-0.2, 0) is 11.3 Å². The van der Waals surface area contributed by atoms with E-state index in [1.807, 2.05) is 11.8 Å². The molecule has 2 bridgehead atoms. The van der Waals surface area contributed by atoms with Crippen LogP contribution >= 0.6 is 34.7 Å². The van der Waals surface area contributed by atoms with Gasteiger partial charge in [-0.1, -0.05) is 35.1 Å². The molecule has 0 spiro atoms. The van der Waals surface area contributed by atoms with Crippen molar-refractivity contribution < 1.29 is 4.79 Å². The summed E-state index contributed by atoms with van der Waals surface area (Å²) < 4.78 is 1.72. The van der Waals surface area contributed by atoms with Crippen LogP contribution in [0.25, 0.3) is 0 Å². The van der Waals surface area contributed by atoms with Gasteiger partial charge in [-0.2, -0.15) is 0 Å². The number of nitrogens with zero attached hydrogens (tertiary/aromatic N) is 2. The van der Waals surface area contributed by atoms with Crippen molar-refractivity contribution in [3.8, 4) is 0 Å². The lowest BCUT2D eigenvalue weighted by Crippen LogP contribution is -2.35. The van der Waals surface area contributed by atoms with E-state index in [9.17, 15) is 9.59 Å². The maximum absolute atomic E-state index is 13.3. The van der Waals surface area contributed by atoms with Crippen LogP contribution in [0.2, 0.25) is 5.02 Å². The number of nitrogens with one attached hydrogen (secondary N) is 1. The molecule has 37 heavy (non-hydrogen) atoms. The zero-order valence-electron chi connectivity index (χ0n) is 21.2. The number of amides is 1. The summed E-state index contributed by atoms with van der Waals surface area (Å²) in [7, 11) is 0. The number of anilines is 2. The number of carbonyl (C=O) groups is 1. The van der Waals surface area contributed by atoms with Crippen LogP contribution in [0.1, 0.15) is 49.5 Å². The second-order valence-corrected chi connectivity index (χ2v) is 13.0. The normalized spacial score (nSPS) is 25.5. The van der Waals surface area contributed by atoms with Crippen molar-refractivity contribution >= 4 is 52.0 Å². The molecule has 6 rings (SSSR count). The van der Waals surface area contributed by atoms with E-state index in [0.717, 1.165) is 28.9 Å². The van der Waals surface area contributed by atoms with Gasteiger partial charge in [0, 0.05) is 45.5 Å². The van der Waals surface area contributed by atoms with Gasteiger partial charge in [-0.25, -0.2) is 0 Å². The number of hydrogen-bond acceptors (Lipinski definition) is 5. The number of hydrogen-bond donors (Lipinski definition) is 1. The average Bonchev–Trinajstić information content (AvgIpc) is 3.60. The van der Waals surface area contributed by atoms with E-state index in [0.29, 0.717) is 27.8 Å². The Labute approximate surface area is 231 Å². The van der Waals surface area contributed by atoms with Crippen molar-refractivity contribution in [2.45, 2.75) is 55.8 Å². The van der Waals surface area contributed by atoms with E-state index in [1.165, 1.54) is 41.9 Å². The lowest BCUT2D eigenvalue weighted by atomic mass is 9.75. The van der Waals surface area contributed by atoms with Crippen LogP contribution in [0.3, 0.4) is 0 Å². The maximum atomic E-state index is 13.3. The molecule has 8 heteroatoms. The summed E-state index contributed by atoms with van der Waals surface area (Å²) in [6.07, 6.45) is 3.88. The zero-order valence-corrected chi connectivity index (χ0v) is 23.5. The summed E-state index contributed by atoms with van der Waals surface area (Å²) in [5.41, 5.74) is 3.23. The molecular formula is C29H32ClN3O2S2. The topological polar surface area (TPSA) is 54.3 Å². The Balaban J connectivity index is 1.34. The van der Waals surface area contributed by atoms with Crippen molar-refractivity contribution in [1.82, 2.24) is 4.57 Å². The number of benzene rings is 2. The fraction of sp³-hybridized carbons (Fsp3) is 0.448. The summed E-state index contributed by atoms with van der Waals surface area (Å²) in [4.78, 5) is 29.7. The highest BCUT2D eigenvalue weighted by atomic mass is 35.5. The quantitative estimate of drug-likeness (QED) is 0.354. The minimum atomic E-state index is -0.194. The van der Waals surface area contributed by atoms with E-state index < -0.39 is 0 Å². The van der Waals surface area contributed by atoms with Crippen molar-refractivity contribution in [2.75, 3.05) is 23.3 Å². The van der Waals surface area contributed by atoms with E-state index in [-0.39, 0.29) is 23.2 Å². The third kappa shape index (κ3) is 4.53. The number of thioether (sulfide) groups is 1. The molecular weight excluding hydrogens is 522 g/mol. The van der Waals surface area contributed by atoms with Crippen LogP contribution in [0.5, 0.6) is 0 Å². The van der Waals surface area contributed by atoms with Gasteiger partial charge in [-0.05, 0) is 92.8 Å². The average molecular weight is 554 g/mol. The van der Waals surface area contributed by atoms with Crippen molar-refractivity contribution in [1.29, 1.82) is 0 Å². The molecule has 0 radical (unpaired) electrons. The Morgan fingerprint density at radius 3 is 2.46 bits per heavy atom. The molecule has 5 nitrogen and oxygen atoms in total. The molecule has 1 aliphatic heterocycles. The monoisotopic (exact) mass is 553 g/mol. The highest BCUT2D eigenvalue weighted by Gasteiger charge is 2.55. The largest absolute Gasteiger partial charge is 0.372 e. The first-order valence-electron chi connectivity index (χ1n) is 13.3. The minimum Gasteiger partial charge on any atom is -0.372 e. The van der Waals surface area contributed by atoms with E-state index >= 15 is 0 Å². The second kappa shape index (κ2) is 10.2. The summed E-state index contributed by atoms with van der Waals surface area (Å²) in [5.74, 6) is 2.02. The molecule has 1 amide bonds. The predicted molar refractivity (Wildman–Crippen MR) is 154 cm³/mol. The van der Waals surface area contributed by atoms with E-state index in [4.69, 9.17) is 11.6 Å². The Hall–Kier alpha value is -2.22. The molecule has 0 saturated heterocycles. The first kappa shape index (κ1) is 25.1. The SMILES string of the molecule is CCN(CC)c1ccc([C@@H]2c3sc(=O)n(CC(=O)Nc4ccc(Cl)cc4)c3S[C@@H]3[C@H]4CC[C@@H](C4)[C@@H]23)cc1. The fourth-order valence-corrected chi connectivity index (χ4v) is 10.1. The Morgan fingerprint density at radius 2 is 1.76 bits per heavy atom. The first-order valence-corrected chi connectivity index (χ1v) is 15.3. The summed E-state index contributed by atoms with van der Waals surface area (Å²) in [6, 6.07) is 16.1. The van der Waals surface area contributed by atoms with Gasteiger partial charge in [0.15, 0.2) is 0 Å². The highest BCUT2D eigenvalue weighted by molar-refractivity contribution is 8.00.